The number of nitrogens with one attached hydrogen (secondary N) is 1. The maximum Gasteiger partial charge on any atom is 0.123 e. The third kappa shape index (κ3) is 1.77. The molecule has 0 spiro atoms. The first-order chi connectivity index (χ1) is 6.77. The molecule has 74 valence electrons. The Kier molecular flexibility index (Phi) is 2.50. The van der Waals surface area contributed by atoms with Crippen molar-refractivity contribution in [1.29, 1.82) is 0 Å². The maximum absolute atomic E-state index is 5.61. The second kappa shape index (κ2) is 3.80. The van der Waals surface area contributed by atoms with Crippen molar-refractivity contribution >= 4 is 11.4 Å². The summed E-state index contributed by atoms with van der Waals surface area (Å²) in [5, 5.41) is 3.29. The summed E-state index contributed by atoms with van der Waals surface area (Å²) in [6, 6.07) is 3.93. The molecule has 0 unspecified atom stereocenters. The fourth-order valence-electron chi connectivity index (χ4n) is 1.79. The molecule has 0 fully saturated rings. The lowest BCUT2D eigenvalue weighted by atomic mass is 9.99. The van der Waals surface area contributed by atoms with Crippen LogP contribution in [-0.4, -0.2) is 18.1 Å². The number of hydrogen-bond acceptors (Lipinski definition) is 3. The second-order valence-electron chi connectivity index (χ2n) is 3.55. The lowest BCUT2D eigenvalue weighted by Crippen LogP contribution is -2.20. The Morgan fingerprint density at radius 2 is 2.29 bits per heavy atom. The number of aryl methyl sites for hydroxylation is 1. The van der Waals surface area contributed by atoms with Crippen molar-refractivity contribution in [3.05, 3.63) is 29.5 Å². The molecule has 0 radical (unpaired) electrons. The van der Waals surface area contributed by atoms with Crippen molar-refractivity contribution in [2.75, 3.05) is 18.8 Å². The number of rotatable bonds is 1. The van der Waals surface area contributed by atoms with E-state index in [-0.39, 0.29) is 0 Å². The highest BCUT2D eigenvalue weighted by Gasteiger charge is 2.08. The van der Waals surface area contributed by atoms with E-state index in [1.807, 2.05) is 13.0 Å². The summed E-state index contributed by atoms with van der Waals surface area (Å²) in [4.78, 5) is 4.27. The van der Waals surface area contributed by atoms with Gasteiger partial charge in [-0.25, -0.2) is 4.98 Å². The molecule has 0 saturated carbocycles. The number of hydrogen-bond donors (Lipinski definition) is 2. The van der Waals surface area contributed by atoms with Crippen LogP contribution in [-0.2, 0) is 0 Å². The van der Waals surface area contributed by atoms with E-state index in [9.17, 15) is 0 Å². The predicted octanol–water partition coefficient (Wildman–Crippen LogP) is 1.35. The SMILES string of the molecule is Cc1nc(N)ccc1C1=CCNCC1. The minimum Gasteiger partial charge on any atom is -0.384 e. The van der Waals surface area contributed by atoms with Gasteiger partial charge in [-0.05, 0) is 43.2 Å². The molecule has 0 bridgehead atoms. The first-order valence-corrected chi connectivity index (χ1v) is 4.90. The summed E-state index contributed by atoms with van der Waals surface area (Å²) >= 11 is 0. The number of nitrogens with two attached hydrogens (primary N) is 1. The fourth-order valence-corrected chi connectivity index (χ4v) is 1.79. The minimum absolute atomic E-state index is 0.598. The zero-order valence-electron chi connectivity index (χ0n) is 8.38. The van der Waals surface area contributed by atoms with E-state index in [2.05, 4.69) is 22.4 Å². The van der Waals surface area contributed by atoms with E-state index < -0.39 is 0 Å². The molecule has 1 aliphatic heterocycles. The van der Waals surface area contributed by atoms with Gasteiger partial charge in [0.15, 0.2) is 0 Å². The Labute approximate surface area is 84.0 Å². The Hall–Kier alpha value is -1.35. The fraction of sp³-hybridized carbons (Fsp3) is 0.364. The van der Waals surface area contributed by atoms with Crippen LogP contribution in [0.2, 0.25) is 0 Å². The van der Waals surface area contributed by atoms with Crippen LogP contribution in [0, 0.1) is 6.92 Å². The van der Waals surface area contributed by atoms with Crippen LogP contribution >= 0.6 is 0 Å². The molecule has 0 amide bonds. The zero-order chi connectivity index (χ0) is 9.97. The van der Waals surface area contributed by atoms with Gasteiger partial charge in [0.25, 0.3) is 0 Å². The van der Waals surface area contributed by atoms with Crippen LogP contribution in [0.5, 0.6) is 0 Å². The average Bonchev–Trinajstić information content (AvgIpc) is 2.19. The largest absolute Gasteiger partial charge is 0.384 e. The Morgan fingerprint density at radius 1 is 1.43 bits per heavy atom. The van der Waals surface area contributed by atoms with Crippen LogP contribution in [0.15, 0.2) is 18.2 Å². The van der Waals surface area contributed by atoms with Crippen molar-refractivity contribution in [2.24, 2.45) is 0 Å². The normalized spacial score (nSPS) is 16.5. The van der Waals surface area contributed by atoms with Gasteiger partial charge in [0.2, 0.25) is 0 Å². The van der Waals surface area contributed by atoms with E-state index in [1.165, 1.54) is 11.1 Å². The number of nitrogens with zero attached hydrogens (tertiary/aromatic N) is 1. The molecule has 14 heavy (non-hydrogen) atoms. The van der Waals surface area contributed by atoms with Crippen LogP contribution < -0.4 is 11.1 Å². The van der Waals surface area contributed by atoms with Crippen molar-refractivity contribution in [1.82, 2.24) is 10.3 Å². The Morgan fingerprint density at radius 3 is 2.93 bits per heavy atom. The summed E-state index contributed by atoms with van der Waals surface area (Å²) in [5.74, 6) is 0.598. The van der Waals surface area contributed by atoms with E-state index in [0.717, 1.165) is 25.2 Å². The number of anilines is 1. The van der Waals surface area contributed by atoms with Crippen molar-refractivity contribution in [3.63, 3.8) is 0 Å². The van der Waals surface area contributed by atoms with E-state index >= 15 is 0 Å². The molecule has 0 aromatic carbocycles. The van der Waals surface area contributed by atoms with Gasteiger partial charge in [-0.3, -0.25) is 0 Å². The molecule has 2 heterocycles. The molecule has 0 aliphatic carbocycles. The predicted molar refractivity (Wildman–Crippen MR) is 58.9 cm³/mol. The van der Waals surface area contributed by atoms with Gasteiger partial charge in [0, 0.05) is 12.2 Å². The molecular formula is C11H15N3. The Bertz CT molecular complexity index is 369. The van der Waals surface area contributed by atoms with Crippen LogP contribution in [0.25, 0.3) is 5.57 Å². The Balaban J connectivity index is 2.35. The third-order valence-electron chi connectivity index (χ3n) is 2.52. The number of nitrogen functional groups attached to an aromatic ring is 1. The summed E-state index contributed by atoms with van der Waals surface area (Å²) in [6.45, 7) is 4.02. The van der Waals surface area contributed by atoms with E-state index in [1.54, 1.807) is 0 Å². The van der Waals surface area contributed by atoms with E-state index in [0.29, 0.717) is 5.82 Å². The quantitative estimate of drug-likeness (QED) is 0.701. The molecule has 1 aromatic rings. The first-order valence-electron chi connectivity index (χ1n) is 4.90. The van der Waals surface area contributed by atoms with Crippen LogP contribution in [0.3, 0.4) is 0 Å². The number of pyridine rings is 1. The molecule has 0 atom stereocenters. The molecule has 3 heteroatoms. The van der Waals surface area contributed by atoms with Gasteiger partial charge in [0.05, 0.1) is 0 Å². The summed E-state index contributed by atoms with van der Waals surface area (Å²) in [5.41, 5.74) is 9.26. The zero-order valence-corrected chi connectivity index (χ0v) is 8.38. The highest BCUT2D eigenvalue weighted by molar-refractivity contribution is 5.68. The lowest BCUT2D eigenvalue weighted by molar-refractivity contribution is 0.738. The van der Waals surface area contributed by atoms with Crippen molar-refractivity contribution < 1.29 is 0 Å². The average molecular weight is 189 g/mol. The van der Waals surface area contributed by atoms with Gasteiger partial charge in [-0.1, -0.05) is 6.08 Å². The topological polar surface area (TPSA) is 50.9 Å². The van der Waals surface area contributed by atoms with Gasteiger partial charge < -0.3 is 11.1 Å². The van der Waals surface area contributed by atoms with Gasteiger partial charge in [-0.15, -0.1) is 0 Å². The molecule has 0 saturated heterocycles. The summed E-state index contributed by atoms with van der Waals surface area (Å²) in [7, 11) is 0. The third-order valence-corrected chi connectivity index (χ3v) is 2.52. The lowest BCUT2D eigenvalue weighted by Gasteiger charge is -2.15. The second-order valence-corrected chi connectivity index (χ2v) is 3.55. The summed E-state index contributed by atoms with van der Waals surface area (Å²) < 4.78 is 0. The maximum atomic E-state index is 5.61. The standard InChI is InChI=1S/C11H15N3/c1-8-10(2-3-11(12)14-8)9-4-6-13-7-5-9/h2-4,13H,5-7H2,1H3,(H2,12,14). The molecule has 1 aliphatic rings. The molecule has 1 aromatic heterocycles. The molecule has 3 nitrogen and oxygen atoms in total. The molecule has 3 N–H and O–H groups in total. The molecule has 2 rings (SSSR count). The highest BCUT2D eigenvalue weighted by atomic mass is 14.9. The van der Waals surface area contributed by atoms with Crippen LogP contribution in [0.4, 0.5) is 5.82 Å². The number of aromatic nitrogens is 1. The monoisotopic (exact) mass is 189 g/mol. The highest BCUT2D eigenvalue weighted by Crippen LogP contribution is 2.22. The van der Waals surface area contributed by atoms with Crippen molar-refractivity contribution in [3.8, 4) is 0 Å². The van der Waals surface area contributed by atoms with E-state index in [4.69, 9.17) is 5.73 Å². The molecular weight excluding hydrogens is 174 g/mol. The van der Waals surface area contributed by atoms with Gasteiger partial charge in [-0.2, -0.15) is 0 Å². The van der Waals surface area contributed by atoms with Crippen molar-refractivity contribution in [2.45, 2.75) is 13.3 Å². The summed E-state index contributed by atoms with van der Waals surface area (Å²) in [6.07, 6.45) is 3.30. The van der Waals surface area contributed by atoms with Gasteiger partial charge in [0.1, 0.15) is 5.82 Å². The van der Waals surface area contributed by atoms with Crippen LogP contribution in [0.1, 0.15) is 17.7 Å². The van der Waals surface area contributed by atoms with Gasteiger partial charge >= 0.3 is 0 Å². The first kappa shape index (κ1) is 9.21. The smallest absolute Gasteiger partial charge is 0.123 e. The minimum atomic E-state index is 0.598.